The number of carbonyl (C=O) groups excluding carboxylic acids is 2. The van der Waals surface area contributed by atoms with Crippen LogP contribution in [-0.2, 0) is 48.5 Å². The standard InChI is InChI=1S/2C36H24N6.C2H3O2.3C2H4O2.2Fe/c2*1-5-17-37-29(9-1)33-21-27(22-34(41-33)30-10-2-6-18-38-30)25-13-15-26(16-14-25)28-23-35(31-11-3-7-19-39-31)42-36(24-28)32-12-4-8-20-40-32;1-2-3-4-2;3*1-2(3)4;;/h2*1-24H;1H3;3*1H3,(H,3,4);;/q;;-1;;;;;+2/p-2. The Balaban J connectivity index is 0.000000210. The van der Waals surface area contributed by atoms with Crippen molar-refractivity contribution in [2.24, 2.45) is 0 Å². The summed E-state index contributed by atoms with van der Waals surface area (Å²) < 4.78 is 8.25. The summed E-state index contributed by atoms with van der Waals surface area (Å²) in [5.41, 5.74) is 21.3. The molecule has 0 bridgehead atoms. The van der Waals surface area contributed by atoms with E-state index in [0.29, 0.717) is 5.96 Å². The number of hydrogen-bond donors (Lipinski definition) is 1. The van der Waals surface area contributed by atoms with E-state index in [2.05, 4.69) is 146 Å². The van der Waals surface area contributed by atoms with Crippen molar-refractivity contribution in [2.75, 3.05) is 0 Å². The average molecular weight is 1430 g/mol. The minimum atomic E-state index is -1.08. The van der Waals surface area contributed by atoms with Gasteiger partial charge >= 0.3 is 17.1 Å². The molecule has 0 saturated heterocycles. The zero-order valence-corrected chi connectivity index (χ0v) is 57.3. The summed E-state index contributed by atoms with van der Waals surface area (Å²) in [6.45, 7) is 4.78. The Labute approximate surface area is 608 Å². The monoisotopic (exact) mass is 1430 g/mol. The Morgan fingerprint density at radius 1 is 0.284 bits per heavy atom. The fraction of sp³-hybridized carbons (Fsp3) is 0.0500. The van der Waals surface area contributed by atoms with Crippen molar-refractivity contribution in [3.8, 4) is 136 Å². The number of carboxylic acids is 3. The van der Waals surface area contributed by atoms with Gasteiger partial charge in [0.05, 0.1) is 91.1 Å². The van der Waals surface area contributed by atoms with E-state index in [-0.39, 0.29) is 34.1 Å². The van der Waals surface area contributed by atoms with Crippen LogP contribution >= 0.6 is 0 Å². The Morgan fingerprint density at radius 3 is 0.510 bits per heavy atom. The van der Waals surface area contributed by atoms with Gasteiger partial charge in [-0.15, -0.1) is 6.92 Å². The van der Waals surface area contributed by atoms with Gasteiger partial charge in [0.25, 0.3) is 5.97 Å². The molecule has 0 unspecified atom stereocenters. The van der Waals surface area contributed by atoms with Gasteiger partial charge in [0.2, 0.25) is 0 Å². The molecular weight excluding hydrogens is 1370 g/mol. The van der Waals surface area contributed by atoms with Crippen molar-refractivity contribution in [1.29, 1.82) is 0 Å². The van der Waals surface area contributed by atoms with Crippen LogP contribution < -0.4 is 10.2 Å². The number of aryl methyl sites for hydroxylation is 1. The topological polar surface area (TPSA) is 299 Å². The summed E-state index contributed by atoms with van der Waals surface area (Å²) in [6.07, 6.45) is 14.3. The molecule has 15 aromatic rings. The molecule has 22 heteroatoms. The van der Waals surface area contributed by atoms with Gasteiger partial charge in [0.15, 0.2) is 0 Å². The number of nitrogens with zero attached hydrogens (tertiary/aromatic N) is 12. The molecule has 13 heterocycles. The molecule has 1 N–H and O–H groups in total. The molecule has 0 atom stereocenters. The predicted molar refractivity (Wildman–Crippen MR) is 378 cm³/mol. The van der Waals surface area contributed by atoms with Crippen LogP contribution in [0.1, 0.15) is 26.7 Å². The second-order valence-electron chi connectivity index (χ2n) is 21.5. The van der Waals surface area contributed by atoms with Gasteiger partial charge in [-0.3, -0.25) is 44.7 Å². The third-order valence-electron chi connectivity index (χ3n) is 14.1. The third kappa shape index (κ3) is 22.3. The summed E-state index contributed by atoms with van der Waals surface area (Å²) in [4.78, 5) is 82.7. The van der Waals surface area contributed by atoms with Crippen molar-refractivity contribution >= 4 is 17.9 Å². The fourth-order valence-electron chi connectivity index (χ4n) is 9.70. The van der Waals surface area contributed by atoms with E-state index in [9.17, 15) is 0 Å². The minimum Gasteiger partial charge on any atom is -0.550 e. The number of pyridine rings is 12. The summed E-state index contributed by atoms with van der Waals surface area (Å²) in [5.74, 6) is -2.33. The molecule has 0 saturated carbocycles. The maximum absolute atomic E-state index is 9.00. The average Bonchev–Trinajstić information content (AvgIpc) is 0.921. The van der Waals surface area contributed by atoms with Gasteiger partial charge in [0, 0.05) is 91.5 Å². The van der Waals surface area contributed by atoms with Crippen LogP contribution in [0.25, 0.3) is 136 Å². The Morgan fingerprint density at radius 2 is 0.412 bits per heavy atom. The molecule has 13 aromatic heterocycles. The maximum atomic E-state index is 9.00. The van der Waals surface area contributed by atoms with E-state index in [4.69, 9.17) is 49.6 Å². The van der Waals surface area contributed by atoms with Gasteiger partial charge in [-0.05, 0) is 204 Å². The van der Waals surface area contributed by atoms with E-state index in [0.717, 1.165) is 156 Å². The molecule has 0 amide bonds. The Bertz CT molecular complexity index is 4210. The van der Waals surface area contributed by atoms with E-state index in [1.165, 1.54) is 0 Å². The Hall–Kier alpha value is -12.8. The summed E-state index contributed by atoms with van der Waals surface area (Å²) >= 11 is 0. The third-order valence-corrected chi connectivity index (χ3v) is 14.1. The molecular formula is C80H61Fe2N12O8-. The van der Waals surface area contributed by atoms with Crippen LogP contribution in [0.2, 0.25) is 0 Å². The van der Waals surface area contributed by atoms with Gasteiger partial charge in [-0.25, -0.2) is 19.9 Å². The first-order valence-electron chi connectivity index (χ1n) is 31.0. The normalized spacial score (nSPS) is 10.0. The number of hydrogen-bond acceptors (Lipinski definition) is 19. The van der Waals surface area contributed by atoms with Gasteiger partial charge in [0.1, 0.15) is 0 Å². The summed E-state index contributed by atoms with van der Waals surface area (Å²) in [7, 11) is 0. The van der Waals surface area contributed by atoms with Crippen molar-refractivity contribution in [3.05, 3.63) is 298 Å². The first kappa shape index (κ1) is 74.9. The maximum Gasteiger partial charge on any atom is 2.00 e. The van der Waals surface area contributed by atoms with E-state index in [1.807, 2.05) is 146 Å². The fourth-order valence-corrected chi connectivity index (χ4v) is 9.70. The molecule has 2 aromatic carbocycles. The van der Waals surface area contributed by atoms with Gasteiger partial charge < -0.3 is 34.1 Å². The smallest absolute Gasteiger partial charge is 0.550 e. The summed E-state index contributed by atoms with van der Waals surface area (Å²) in [5, 5.41) is 25.2. The van der Waals surface area contributed by atoms with Crippen LogP contribution in [0.3, 0.4) is 0 Å². The predicted octanol–water partition coefficient (Wildman–Crippen LogP) is 14.6. The molecule has 0 radical (unpaired) electrons. The van der Waals surface area contributed by atoms with Crippen molar-refractivity contribution < 1.29 is 73.0 Å². The van der Waals surface area contributed by atoms with E-state index >= 15 is 0 Å². The number of aromatic nitrogens is 12. The van der Waals surface area contributed by atoms with Crippen molar-refractivity contribution in [1.82, 2.24) is 59.8 Å². The molecule has 0 aliphatic heterocycles. The van der Waals surface area contributed by atoms with Crippen LogP contribution in [-0.4, -0.2) is 82.8 Å². The molecule has 15 rings (SSSR count). The number of carbonyl (C=O) groups is 3. The van der Waals surface area contributed by atoms with Crippen LogP contribution in [0.4, 0.5) is 0 Å². The second kappa shape index (κ2) is 37.8. The molecule has 506 valence electrons. The SMILES string of the molecule is CC(=O)O.CC(=O)[O-].CC(=O)[O-].C[c-]1oo1.[Fe+2].[Fe].c1ccc(-c2cc(-c3ccc(-c4cc(-c5ccccn5)nc(-c5ccccn5)c4)cc3)cc(-c3ccccn3)n2)nc1.c1ccc(-c2cc(-c3ccc(-c4cc(-c5ccccn5)nc(-c5ccccn5)c4)cc3)cc(-c3ccccn3)n2)nc1. The zero-order chi connectivity index (χ0) is 70.0. The quantitative estimate of drug-likeness (QED) is 0.0675. The zero-order valence-electron chi connectivity index (χ0n) is 55.1. The van der Waals surface area contributed by atoms with Crippen molar-refractivity contribution in [3.63, 3.8) is 0 Å². The number of aliphatic carboxylic acids is 3. The Kier molecular flexibility index (Phi) is 27.8. The van der Waals surface area contributed by atoms with Crippen LogP contribution in [0.5, 0.6) is 0 Å². The second-order valence-corrected chi connectivity index (χ2v) is 21.5. The molecule has 0 fully saturated rings. The van der Waals surface area contributed by atoms with E-state index < -0.39 is 17.9 Å². The van der Waals surface area contributed by atoms with Gasteiger partial charge in [-0.2, -0.15) is 0 Å². The first-order valence-corrected chi connectivity index (χ1v) is 31.0. The molecule has 0 aliphatic carbocycles. The molecule has 20 nitrogen and oxygen atoms in total. The van der Waals surface area contributed by atoms with Gasteiger partial charge in [-0.1, -0.05) is 97.1 Å². The number of benzene rings is 2. The minimum absolute atomic E-state index is 0. The number of rotatable bonds is 12. The van der Waals surface area contributed by atoms with Crippen LogP contribution in [0.15, 0.2) is 301 Å². The summed E-state index contributed by atoms with van der Waals surface area (Å²) in [6, 6.07) is 80.5. The number of carboxylic acid groups (broad SMARTS) is 3. The van der Waals surface area contributed by atoms with Crippen molar-refractivity contribution in [2.45, 2.75) is 27.7 Å². The molecule has 0 aliphatic rings. The molecule has 102 heavy (non-hydrogen) atoms. The largest absolute Gasteiger partial charge is 2.00 e. The molecule has 0 spiro atoms. The van der Waals surface area contributed by atoms with E-state index in [1.54, 1.807) is 56.5 Å². The van der Waals surface area contributed by atoms with Crippen LogP contribution in [0, 0.1) is 6.92 Å². The first-order chi connectivity index (χ1) is 48.7.